The quantitative estimate of drug-likeness (QED) is 0.886. The first-order chi connectivity index (χ1) is 9.08. The summed E-state index contributed by atoms with van der Waals surface area (Å²) in [5.74, 6) is 1.72. The number of hydrogen-bond acceptors (Lipinski definition) is 4. The number of H-pyrrole nitrogens is 1. The summed E-state index contributed by atoms with van der Waals surface area (Å²) in [7, 11) is 1.85. The van der Waals surface area contributed by atoms with Crippen LogP contribution in [0.1, 0.15) is 25.6 Å². The Labute approximate surface area is 111 Å². The maximum atomic E-state index is 11.5. The molecule has 2 rings (SSSR count). The number of rotatable bonds is 4. The molecule has 2 N–H and O–H groups in total. The highest BCUT2D eigenvalue weighted by Crippen LogP contribution is 2.21. The van der Waals surface area contributed by atoms with Crippen LogP contribution in [0, 0.1) is 0 Å². The normalized spacial score (nSPS) is 10.5. The van der Waals surface area contributed by atoms with E-state index in [1.54, 1.807) is 0 Å². The number of benzene rings is 1. The van der Waals surface area contributed by atoms with Crippen LogP contribution >= 0.6 is 0 Å². The zero-order chi connectivity index (χ0) is 13.8. The largest absolute Gasteiger partial charge is 0.439 e. The van der Waals surface area contributed by atoms with Gasteiger partial charge in [-0.05, 0) is 24.3 Å². The number of hydrogen-bond donors (Lipinski definition) is 2. The van der Waals surface area contributed by atoms with E-state index in [2.05, 4.69) is 15.3 Å². The Kier molecular flexibility index (Phi) is 3.85. The van der Waals surface area contributed by atoms with Gasteiger partial charge in [0.1, 0.15) is 11.6 Å². The number of aromatic amines is 1. The Bertz CT molecular complexity index is 603. The van der Waals surface area contributed by atoms with Crippen LogP contribution < -0.4 is 15.6 Å². The predicted octanol–water partition coefficient (Wildman–Crippen LogP) is 2.73. The molecule has 0 fully saturated rings. The van der Waals surface area contributed by atoms with Crippen molar-refractivity contribution in [3.05, 3.63) is 46.5 Å². The van der Waals surface area contributed by atoms with E-state index in [1.807, 2.05) is 45.2 Å². The molecule has 1 aromatic heterocycles. The molecular weight excluding hydrogens is 242 g/mol. The summed E-state index contributed by atoms with van der Waals surface area (Å²) in [6, 6.07) is 8.78. The Morgan fingerprint density at radius 3 is 2.53 bits per heavy atom. The highest BCUT2D eigenvalue weighted by atomic mass is 16.5. The number of anilines is 1. The first-order valence-electron chi connectivity index (χ1n) is 6.15. The van der Waals surface area contributed by atoms with E-state index in [9.17, 15) is 4.79 Å². The van der Waals surface area contributed by atoms with Crippen LogP contribution in [0.15, 0.2) is 35.1 Å². The van der Waals surface area contributed by atoms with Crippen LogP contribution in [0.25, 0.3) is 0 Å². The van der Waals surface area contributed by atoms with Crippen molar-refractivity contribution >= 4 is 5.69 Å². The van der Waals surface area contributed by atoms with Crippen molar-refractivity contribution in [2.45, 2.75) is 19.8 Å². The molecule has 1 aromatic carbocycles. The van der Waals surface area contributed by atoms with Gasteiger partial charge in [0.05, 0.1) is 6.07 Å². The molecule has 0 bridgehead atoms. The van der Waals surface area contributed by atoms with E-state index in [4.69, 9.17) is 4.74 Å². The van der Waals surface area contributed by atoms with Gasteiger partial charge in [-0.3, -0.25) is 4.79 Å². The summed E-state index contributed by atoms with van der Waals surface area (Å²) in [5.41, 5.74) is 0.787. The lowest BCUT2D eigenvalue weighted by Crippen LogP contribution is -2.11. The number of ether oxygens (including phenoxy) is 1. The minimum Gasteiger partial charge on any atom is -0.439 e. The summed E-state index contributed by atoms with van der Waals surface area (Å²) in [6.45, 7) is 3.92. The van der Waals surface area contributed by atoms with Crippen LogP contribution in [-0.2, 0) is 0 Å². The molecule has 0 spiro atoms. The lowest BCUT2D eigenvalue weighted by atomic mass is 10.2. The van der Waals surface area contributed by atoms with Gasteiger partial charge in [0.2, 0.25) is 5.88 Å². The molecule has 2 aromatic rings. The van der Waals surface area contributed by atoms with Crippen molar-refractivity contribution in [3.63, 3.8) is 0 Å². The van der Waals surface area contributed by atoms with Crippen molar-refractivity contribution in [1.29, 1.82) is 0 Å². The monoisotopic (exact) mass is 259 g/mol. The van der Waals surface area contributed by atoms with Crippen molar-refractivity contribution in [2.24, 2.45) is 0 Å². The maximum Gasteiger partial charge on any atom is 0.254 e. The van der Waals surface area contributed by atoms with Crippen molar-refractivity contribution in [1.82, 2.24) is 9.97 Å². The molecule has 5 nitrogen and oxygen atoms in total. The van der Waals surface area contributed by atoms with Crippen LogP contribution in [0.4, 0.5) is 5.69 Å². The molecule has 0 radical (unpaired) electrons. The predicted molar refractivity (Wildman–Crippen MR) is 75.0 cm³/mol. The van der Waals surface area contributed by atoms with E-state index in [0.717, 1.165) is 5.69 Å². The summed E-state index contributed by atoms with van der Waals surface area (Å²) in [6.07, 6.45) is 0. The summed E-state index contributed by atoms with van der Waals surface area (Å²) < 4.78 is 5.59. The number of aromatic nitrogens is 2. The lowest BCUT2D eigenvalue weighted by molar-refractivity contribution is 0.455. The Balaban J connectivity index is 2.24. The highest BCUT2D eigenvalue weighted by Gasteiger charge is 2.06. The molecule has 1 heterocycles. The van der Waals surface area contributed by atoms with Gasteiger partial charge in [-0.15, -0.1) is 0 Å². The molecule has 5 heteroatoms. The summed E-state index contributed by atoms with van der Waals surface area (Å²) >= 11 is 0. The van der Waals surface area contributed by atoms with E-state index in [0.29, 0.717) is 17.5 Å². The van der Waals surface area contributed by atoms with Gasteiger partial charge in [0, 0.05) is 18.7 Å². The molecule has 0 saturated heterocycles. The average Bonchev–Trinajstić information content (AvgIpc) is 2.39. The minimum atomic E-state index is -0.208. The maximum absolute atomic E-state index is 11.5. The molecule has 0 saturated carbocycles. The fourth-order valence-electron chi connectivity index (χ4n) is 1.59. The Hall–Kier alpha value is -2.30. The van der Waals surface area contributed by atoms with Crippen LogP contribution in [0.2, 0.25) is 0 Å². The van der Waals surface area contributed by atoms with Gasteiger partial charge in [-0.25, -0.2) is 0 Å². The molecular formula is C14H17N3O2. The number of nitrogens with zero attached hydrogens (tertiary/aromatic N) is 1. The third kappa shape index (κ3) is 3.34. The first kappa shape index (κ1) is 13.1. The smallest absolute Gasteiger partial charge is 0.254 e. The van der Waals surface area contributed by atoms with Crippen molar-refractivity contribution < 1.29 is 4.74 Å². The topological polar surface area (TPSA) is 67.0 Å². The Morgan fingerprint density at radius 2 is 1.95 bits per heavy atom. The molecule has 100 valence electrons. The van der Waals surface area contributed by atoms with E-state index in [-0.39, 0.29) is 11.5 Å². The van der Waals surface area contributed by atoms with Crippen LogP contribution in [0.3, 0.4) is 0 Å². The van der Waals surface area contributed by atoms with Crippen molar-refractivity contribution in [3.8, 4) is 11.6 Å². The van der Waals surface area contributed by atoms with Gasteiger partial charge in [0.25, 0.3) is 5.56 Å². The minimum absolute atomic E-state index is 0.142. The molecule has 0 atom stereocenters. The molecule has 0 aliphatic rings. The zero-order valence-electron chi connectivity index (χ0n) is 11.2. The molecule has 0 amide bonds. The average molecular weight is 259 g/mol. The van der Waals surface area contributed by atoms with Gasteiger partial charge >= 0.3 is 0 Å². The number of nitrogens with one attached hydrogen (secondary N) is 2. The second-order valence-corrected chi connectivity index (χ2v) is 4.50. The van der Waals surface area contributed by atoms with Crippen LogP contribution in [0.5, 0.6) is 11.6 Å². The van der Waals surface area contributed by atoms with Crippen molar-refractivity contribution in [2.75, 3.05) is 12.4 Å². The third-order valence-electron chi connectivity index (χ3n) is 2.65. The first-order valence-corrected chi connectivity index (χ1v) is 6.15. The van der Waals surface area contributed by atoms with Gasteiger partial charge in [-0.1, -0.05) is 13.8 Å². The van der Waals surface area contributed by atoms with E-state index >= 15 is 0 Å². The molecule has 0 aliphatic carbocycles. The second kappa shape index (κ2) is 5.56. The second-order valence-electron chi connectivity index (χ2n) is 4.50. The van der Waals surface area contributed by atoms with E-state index in [1.165, 1.54) is 6.07 Å². The standard InChI is InChI=1S/C14H17N3O2/c1-9(2)14-16-12(18)8-13(17-14)19-11-6-4-10(15-3)5-7-11/h4-9,15H,1-3H3,(H,16,17,18). The molecule has 0 unspecified atom stereocenters. The molecule has 19 heavy (non-hydrogen) atoms. The molecule has 0 aliphatic heterocycles. The fourth-order valence-corrected chi connectivity index (χ4v) is 1.59. The fraction of sp³-hybridized carbons (Fsp3) is 0.286. The summed E-state index contributed by atoms with van der Waals surface area (Å²) in [5, 5.41) is 3.03. The SMILES string of the molecule is CNc1ccc(Oc2cc(=O)[nH]c(C(C)C)n2)cc1. The Morgan fingerprint density at radius 1 is 1.26 bits per heavy atom. The van der Waals surface area contributed by atoms with Gasteiger partial charge in [-0.2, -0.15) is 4.98 Å². The highest BCUT2D eigenvalue weighted by molar-refractivity contribution is 5.46. The van der Waals surface area contributed by atoms with Gasteiger partial charge < -0.3 is 15.0 Å². The van der Waals surface area contributed by atoms with E-state index < -0.39 is 0 Å². The van der Waals surface area contributed by atoms with Crippen LogP contribution in [-0.4, -0.2) is 17.0 Å². The third-order valence-corrected chi connectivity index (χ3v) is 2.65. The van der Waals surface area contributed by atoms with Gasteiger partial charge in [0.15, 0.2) is 0 Å². The zero-order valence-corrected chi connectivity index (χ0v) is 11.2. The summed E-state index contributed by atoms with van der Waals surface area (Å²) in [4.78, 5) is 18.5. The lowest BCUT2D eigenvalue weighted by Gasteiger charge is -2.08.